The molecule has 0 spiro atoms. The first kappa shape index (κ1) is 15.9. The molecule has 1 saturated heterocycles. The van der Waals surface area contributed by atoms with Crippen molar-refractivity contribution in [1.82, 2.24) is 4.90 Å². The summed E-state index contributed by atoms with van der Waals surface area (Å²) in [6, 6.07) is 4.22. The predicted octanol–water partition coefficient (Wildman–Crippen LogP) is 2.20. The lowest BCUT2D eigenvalue weighted by atomic mass is 9.90. The van der Waals surface area contributed by atoms with Crippen molar-refractivity contribution < 1.29 is 14.2 Å². The van der Waals surface area contributed by atoms with E-state index in [0.717, 1.165) is 37.2 Å². The lowest BCUT2D eigenvalue weighted by molar-refractivity contribution is 0.132. The molecule has 0 bridgehead atoms. The average Bonchev–Trinajstić information content (AvgIpc) is 2.52. The molecule has 2 rings (SSSR count). The molecule has 21 heavy (non-hydrogen) atoms. The van der Waals surface area contributed by atoms with E-state index in [1.165, 1.54) is 0 Å². The number of methoxy groups -OCH3 is 3. The third kappa shape index (κ3) is 2.94. The number of rotatable bonds is 5. The van der Waals surface area contributed by atoms with E-state index in [9.17, 15) is 0 Å². The van der Waals surface area contributed by atoms with Crippen LogP contribution in [0.3, 0.4) is 0 Å². The van der Waals surface area contributed by atoms with Gasteiger partial charge in [-0.25, -0.2) is 0 Å². The Balaban J connectivity index is 2.51. The van der Waals surface area contributed by atoms with Gasteiger partial charge in [-0.05, 0) is 38.1 Å². The van der Waals surface area contributed by atoms with E-state index < -0.39 is 0 Å². The van der Waals surface area contributed by atoms with Crippen LogP contribution >= 0.6 is 0 Å². The topological polar surface area (TPSA) is 57.0 Å². The smallest absolute Gasteiger partial charge is 0.203 e. The van der Waals surface area contributed by atoms with Crippen molar-refractivity contribution in [2.24, 2.45) is 5.73 Å². The fraction of sp³-hybridized carbons (Fsp3) is 0.625. The summed E-state index contributed by atoms with van der Waals surface area (Å²) in [5.41, 5.74) is 7.47. The van der Waals surface area contributed by atoms with Gasteiger partial charge >= 0.3 is 0 Å². The molecule has 0 aliphatic carbocycles. The summed E-state index contributed by atoms with van der Waals surface area (Å²) in [5, 5.41) is 0. The first-order valence-corrected chi connectivity index (χ1v) is 7.46. The summed E-state index contributed by atoms with van der Waals surface area (Å²) in [5.74, 6) is 2.02. The Morgan fingerprint density at radius 1 is 1.14 bits per heavy atom. The second kappa shape index (κ2) is 7.00. The van der Waals surface area contributed by atoms with Gasteiger partial charge in [-0.15, -0.1) is 0 Å². The number of ether oxygens (including phenoxy) is 3. The Bertz CT molecular complexity index is 479. The minimum atomic E-state index is 0.103. The molecular formula is C16H26N2O3. The standard InChI is InChI=1S/C16H26N2O3/c1-5-18-10-6-7-12(17)14(18)11-8-9-13(19-2)16(21-4)15(11)20-3/h8-9,12,14H,5-7,10,17H2,1-4H3. The van der Waals surface area contributed by atoms with Crippen molar-refractivity contribution >= 4 is 0 Å². The molecule has 1 aliphatic rings. The van der Waals surface area contributed by atoms with Crippen LogP contribution < -0.4 is 19.9 Å². The van der Waals surface area contributed by atoms with Gasteiger partial charge in [0, 0.05) is 11.6 Å². The highest BCUT2D eigenvalue weighted by Gasteiger charge is 2.33. The maximum absolute atomic E-state index is 6.39. The molecule has 1 fully saturated rings. The van der Waals surface area contributed by atoms with Gasteiger partial charge in [0.05, 0.1) is 27.4 Å². The van der Waals surface area contributed by atoms with Crippen molar-refractivity contribution in [1.29, 1.82) is 0 Å². The fourth-order valence-electron chi connectivity index (χ4n) is 3.24. The van der Waals surface area contributed by atoms with Crippen LogP contribution in [0.1, 0.15) is 31.4 Å². The molecule has 2 N–H and O–H groups in total. The number of nitrogens with two attached hydrogens (primary N) is 1. The first-order chi connectivity index (χ1) is 10.2. The molecule has 0 saturated carbocycles. The van der Waals surface area contributed by atoms with E-state index in [0.29, 0.717) is 11.5 Å². The van der Waals surface area contributed by atoms with Crippen LogP contribution in [-0.4, -0.2) is 45.4 Å². The molecule has 2 unspecified atom stereocenters. The zero-order chi connectivity index (χ0) is 15.4. The molecule has 118 valence electrons. The lowest BCUT2D eigenvalue weighted by Crippen LogP contribution is -2.45. The van der Waals surface area contributed by atoms with Crippen LogP contribution in [-0.2, 0) is 0 Å². The summed E-state index contributed by atoms with van der Waals surface area (Å²) in [6.45, 7) is 4.19. The molecular weight excluding hydrogens is 268 g/mol. The third-order valence-corrected chi connectivity index (χ3v) is 4.24. The Kier molecular flexibility index (Phi) is 5.31. The van der Waals surface area contributed by atoms with Gasteiger partial charge in [0.25, 0.3) is 0 Å². The summed E-state index contributed by atoms with van der Waals surface area (Å²) >= 11 is 0. The molecule has 0 aromatic heterocycles. The molecule has 2 atom stereocenters. The minimum Gasteiger partial charge on any atom is -0.493 e. The summed E-state index contributed by atoms with van der Waals surface area (Å²) in [7, 11) is 4.91. The third-order valence-electron chi connectivity index (χ3n) is 4.24. The van der Waals surface area contributed by atoms with Gasteiger partial charge in [0.2, 0.25) is 5.75 Å². The molecule has 0 radical (unpaired) electrons. The van der Waals surface area contributed by atoms with Crippen LogP contribution in [0.2, 0.25) is 0 Å². The second-order valence-electron chi connectivity index (χ2n) is 5.30. The van der Waals surface area contributed by atoms with Gasteiger partial charge in [-0.3, -0.25) is 4.90 Å². The van der Waals surface area contributed by atoms with E-state index in [1.54, 1.807) is 21.3 Å². The monoisotopic (exact) mass is 294 g/mol. The van der Waals surface area contributed by atoms with E-state index in [4.69, 9.17) is 19.9 Å². The molecule has 1 heterocycles. The van der Waals surface area contributed by atoms with Crippen molar-refractivity contribution in [2.45, 2.75) is 31.8 Å². The van der Waals surface area contributed by atoms with Crippen molar-refractivity contribution in [3.8, 4) is 17.2 Å². The number of likely N-dealkylation sites (tertiary alicyclic amines) is 1. The highest BCUT2D eigenvalue weighted by Crippen LogP contribution is 2.45. The zero-order valence-electron chi connectivity index (χ0n) is 13.4. The Labute approximate surface area is 127 Å². The number of hydrogen-bond acceptors (Lipinski definition) is 5. The number of nitrogens with zero attached hydrogens (tertiary/aromatic N) is 1. The Morgan fingerprint density at radius 3 is 2.43 bits per heavy atom. The quantitative estimate of drug-likeness (QED) is 0.902. The Morgan fingerprint density at radius 2 is 1.86 bits per heavy atom. The van der Waals surface area contributed by atoms with Crippen LogP contribution in [0.25, 0.3) is 0 Å². The molecule has 1 aliphatic heterocycles. The van der Waals surface area contributed by atoms with Gasteiger partial charge < -0.3 is 19.9 Å². The first-order valence-electron chi connectivity index (χ1n) is 7.46. The largest absolute Gasteiger partial charge is 0.493 e. The normalized spacial score (nSPS) is 22.9. The van der Waals surface area contributed by atoms with E-state index in [2.05, 4.69) is 11.8 Å². The molecule has 5 heteroatoms. The highest BCUT2D eigenvalue weighted by atomic mass is 16.5. The van der Waals surface area contributed by atoms with Crippen molar-refractivity contribution in [2.75, 3.05) is 34.4 Å². The number of benzene rings is 1. The lowest BCUT2D eigenvalue weighted by Gasteiger charge is -2.40. The maximum Gasteiger partial charge on any atom is 0.203 e. The zero-order valence-corrected chi connectivity index (χ0v) is 13.4. The maximum atomic E-state index is 6.39. The van der Waals surface area contributed by atoms with Crippen LogP contribution in [0, 0.1) is 0 Å². The average molecular weight is 294 g/mol. The van der Waals surface area contributed by atoms with Gasteiger partial charge in [-0.1, -0.05) is 6.92 Å². The minimum absolute atomic E-state index is 0.103. The molecule has 1 aromatic carbocycles. The van der Waals surface area contributed by atoms with Crippen LogP contribution in [0.4, 0.5) is 0 Å². The van der Waals surface area contributed by atoms with Crippen molar-refractivity contribution in [3.63, 3.8) is 0 Å². The Hall–Kier alpha value is -1.46. The van der Waals surface area contributed by atoms with E-state index >= 15 is 0 Å². The second-order valence-corrected chi connectivity index (χ2v) is 5.30. The molecule has 5 nitrogen and oxygen atoms in total. The summed E-state index contributed by atoms with van der Waals surface area (Å²) < 4.78 is 16.5. The van der Waals surface area contributed by atoms with Gasteiger partial charge in [0.15, 0.2) is 11.5 Å². The van der Waals surface area contributed by atoms with Crippen LogP contribution in [0.15, 0.2) is 12.1 Å². The highest BCUT2D eigenvalue weighted by molar-refractivity contribution is 5.57. The van der Waals surface area contributed by atoms with Gasteiger partial charge in [0.1, 0.15) is 0 Å². The van der Waals surface area contributed by atoms with E-state index in [-0.39, 0.29) is 12.1 Å². The number of hydrogen-bond donors (Lipinski definition) is 1. The number of piperidine rings is 1. The van der Waals surface area contributed by atoms with Crippen molar-refractivity contribution in [3.05, 3.63) is 17.7 Å². The van der Waals surface area contributed by atoms with Crippen LogP contribution in [0.5, 0.6) is 17.2 Å². The SMILES string of the molecule is CCN1CCCC(N)C1c1ccc(OC)c(OC)c1OC. The number of likely N-dealkylation sites (N-methyl/N-ethyl adjacent to an activating group) is 1. The predicted molar refractivity (Wildman–Crippen MR) is 83.3 cm³/mol. The molecule has 0 amide bonds. The fourth-order valence-corrected chi connectivity index (χ4v) is 3.24. The molecule has 1 aromatic rings. The van der Waals surface area contributed by atoms with E-state index in [1.807, 2.05) is 12.1 Å². The summed E-state index contributed by atoms with van der Waals surface area (Å²) in [6.07, 6.45) is 2.17. The van der Waals surface area contributed by atoms with Gasteiger partial charge in [-0.2, -0.15) is 0 Å². The summed E-state index contributed by atoms with van der Waals surface area (Å²) in [4.78, 5) is 2.40.